The van der Waals surface area contributed by atoms with Crippen LogP contribution in [0.1, 0.15) is 16.6 Å². The number of anilines is 1. The van der Waals surface area contributed by atoms with Crippen LogP contribution in [0.2, 0.25) is 0 Å². The molecular weight excluding hydrogens is 382 g/mol. The maximum absolute atomic E-state index is 12.5. The van der Waals surface area contributed by atoms with Crippen molar-refractivity contribution >= 4 is 22.9 Å². The second-order valence-electron chi connectivity index (χ2n) is 6.46. The summed E-state index contributed by atoms with van der Waals surface area (Å²) in [6.07, 6.45) is -1.85. The van der Waals surface area contributed by atoms with Gasteiger partial charge in [-0.05, 0) is 24.3 Å². The van der Waals surface area contributed by atoms with Crippen molar-refractivity contribution < 1.29 is 29.6 Å². The molecule has 3 aromatic rings. The van der Waals surface area contributed by atoms with Crippen molar-refractivity contribution in [3.05, 3.63) is 42.5 Å². The number of aliphatic hydroxyl groups is 3. The number of hydrogen-bond donors (Lipinski definition) is 4. The smallest absolute Gasteiger partial charge is 0.256 e. The second kappa shape index (κ2) is 7.72. The van der Waals surface area contributed by atoms with Gasteiger partial charge in [0.05, 0.1) is 20.0 Å². The van der Waals surface area contributed by atoms with Crippen LogP contribution in [0.3, 0.4) is 0 Å². The molecule has 4 atom stereocenters. The number of amides is 1. The minimum absolute atomic E-state index is 0.182. The summed E-state index contributed by atoms with van der Waals surface area (Å²) in [4.78, 5) is 25.0. The zero-order chi connectivity index (χ0) is 20.5. The van der Waals surface area contributed by atoms with Crippen LogP contribution in [0.15, 0.2) is 36.9 Å². The first kappa shape index (κ1) is 19.2. The molecule has 1 amide bonds. The number of nitrogens with zero attached hydrogens (tertiary/aromatic N) is 4. The summed E-state index contributed by atoms with van der Waals surface area (Å²) >= 11 is 0. The molecule has 1 fully saturated rings. The first-order valence-corrected chi connectivity index (χ1v) is 8.79. The minimum Gasteiger partial charge on any atom is -0.497 e. The molecule has 1 saturated heterocycles. The van der Waals surface area contributed by atoms with Crippen molar-refractivity contribution in [1.82, 2.24) is 19.5 Å². The van der Waals surface area contributed by atoms with Crippen molar-refractivity contribution in [2.75, 3.05) is 19.0 Å². The third kappa shape index (κ3) is 3.40. The molecule has 0 aliphatic carbocycles. The molecule has 0 spiro atoms. The maximum atomic E-state index is 12.5. The van der Waals surface area contributed by atoms with E-state index in [0.29, 0.717) is 17.0 Å². The first-order chi connectivity index (χ1) is 14.0. The fourth-order valence-electron chi connectivity index (χ4n) is 3.16. The van der Waals surface area contributed by atoms with Crippen molar-refractivity contribution in [2.45, 2.75) is 24.5 Å². The van der Waals surface area contributed by atoms with E-state index < -0.39 is 37.1 Å². The maximum Gasteiger partial charge on any atom is 0.256 e. The van der Waals surface area contributed by atoms with E-state index in [9.17, 15) is 20.1 Å². The Kier molecular flexibility index (Phi) is 5.11. The fourth-order valence-corrected chi connectivity index (χ4v) is 3.16. The standard InChI is InChI=1S/C18H19N5O6/c1-28-10-4-2-9(3-5-10)17(27)22-15-12-16(20-7-19-15)23(8-21-12)18-14(26)13(25)11(6-24)29-18/h2-5,7-8,11,13-14,18,24-26H,6H2,1H3,(H,19,20,22,27)/t11-,13+,14+,18+/m0/s1. The zero-order valence-electron chi connectivity index (χ0n) is 15.3. The lowest BCUT2D eigenvalue weighted by atomic mass is 10.1. The molecule has 11 nitrogen and oxygen atoms in total. The predicted molar refractivity (Wildman–Crippen MR) is 99.3 cm³/mol. The number of aromatic nitrogens is 4. The van der Waals surface area contributed by atoms with E-state index in [1.807, 2.05) is 0 Å². The molecule has 0 saturated carbocycles. The van der Waals surface area contributed by atoms with Crippen LogP contribution in [0.5, 0.6) is 5.75 Å². The van der Waals surface area contributed by atoms with Crippen molar-refractivity contribution in [2.24, 2.45) is 0 Å². The predicted octanol–water partition coefficient (Wildman–Crippen LogP) is -0.301. The average Bonchev–Trinajstić information content (AvgIpc) is 3.30. The van der Waals surface area contributed by atoms with Crippen LogP contribution >= 0.6 is 0 Å². The zero-order valence-corrected chi connectivity index (χ0v) is 15.3. The number of aliphatic hydroxyl groups excluding tert-OH is 3. The third-order valence-electron chi connectivity index (χ3n) is 4.73. The lowest BCUT2D eigenvalue weighted by Gasteiger charge is -2.16. The van der Waals surface area contributed by atoms with Gasteiger partial charge in [-0.2, -0.15) is 0 Å². The van der Waals surface area contributed by atoms with Gasteiger partial charge >= 0.3 is 0 Å². The summed E-state index contributed by atoms with van der Waals surface area (Å²) in [6, 6.07) is 6.57. The molecular formula is C18H19N5O6. The molecule has 4 N–H and O–H groups in total. The Hall–Kier alpha value is -3.12. The molecule has 1 aliphatic heterocycles. The average molecular weight is 401 g/mol. The van der Waals surface area contributed by atoms with E-state index >= 15 is 0 Å². The molecule has 1 aliphatic rings. The van der Waals surface area contributed by atoms with Gasteiger partial charge in [0, 0.05) is 5.56 Å². The van der Waals surface area contributed by atoms with Crippen LogP contribution in [-0.2, 0) is 4.74 Å². The largest absolute Gasteiger partial charge is 0.497 e. The van der Waals surface area contributed by atoms with Gasteiger partial charge in [0.2, 0.25) is 0 Å². The molecule has 11 heteroatoms. The van der Waals surface area contributed by atoms with Crippen LogP contribution in [0, 0.1) is 0 Å². The van der Waals surface area contributed by atoms with E-state index in [1.54, 1.807) is 24.3 Å². The highest BCUT2D eigenvalue weighted by Gasteiger charge is 2.44. The molecule has 152 valence electrons. The highest BCUT2D eigenvalue weighted by molar-refractivity contribution is 6.06. The molecule has 0 bridgehead atoms. The Morgan fingerprint density at radius 1 is 1.21 bits per heavy atom. The van der Waals surface area contributed by atoms with E-state index in [2.05, 4.69) is 20.3 Å². The number of methoxy groups -OCH3 is 1. The fraction of sp³-hybridized carbons (Fsp3) is 0.333. The first-order valence-electron chi connectivity index (χ1n) is 8.79. The molecule has 0 radical (unpaired) electrons. The van der Waals surface area contributed by atoms with Gasteiger partial charge in [-0.3, -0.25) is 9.36 Å². The van der Waals surface area contributed by atoms with Gasteiger partial charge in [0.15, 0.2) is 23.2 Å². The van der Waals surface area contributed by atoms with E-state index in [-0.39, 0.29) is 11.3 Å². The number of imidazole rings is 1. The van der Waals surface area contributed by atoms with Crippen molar-refractivity contribution in [3.8, 4) is 5.75 Å². The Morgan fingerprint density at radius 3 is 2.62 bits per heavy atom. The Labute approximate surface area is 164 Å². The summed E-state index contributed by atoms with van der Waals surface area (Å²) in [5.74, 6) is 0.416. The monoisotopic (exact) mass is 401 g/mol. The van der Waals surface area contributed by atoms with Crippen molar-refractivity contribution in [3.63, 3.8) is 0 Å². The molecule has 1 aromatic carbocycles. The van der Waals surface area contributed by atoms with Gasteiger partial charge in [0.1, 0.15) is 30.4 Å². The van der Waals surface area contributed by atoms with Crippen molar-refractivity contribution in [1.29, 1.82) is 0 Å². The quantitative estimate of drug-likeness (QED) is 0.451. The summed E-state index contributed by atoms with van der Waals surface area (Å²) in [6.45, 7) is -0.445. The highest BCUT2D eigenvalue weighted by atomic mass is 16.6. The number of rotatable bonds is 5. The summed E-state index contributed by atoms with van der Waals surface area (Å²) in [5.41, 5.74) is 0.979. The number of nitrogens with one attached hydrogen (secondary N) is 1. The van der Waals surface area contributed by atoms with Gasteiger partial charge in [-0.1, -0.05) is 0 Å². The van der Waals surface area contributed by atoms with Gasteiger partial charge in [0.25, 0.3) is 5.91 Å². The van der Waals surface area contributed by atoms with Crippen LogP contribution in [0.25, 0.3) is 11.2 Å². The molecule has 2 aromatic heterocycles. The lowest BCUT2D eigenvalue weighted by molar-refractivity contribution is -0.0511. The number of fused-ring (bicyclic) bond motifs is 1. The second-order valence-corrected chi connectivity index (χ2v) is 6.46. The Morgan fingerprint density at radius 2 is 1.97 bits per heavy atom. The minimum atomic E-state index is -1.28. The third-order valence-corrected chi connectivity index (χ3v) is 4.73. The van der Waals surface area contributed by atoms with Crippen LogP contribution in [-0.4, -0.2) is 72.8 Å². The summed E-state index contributed by atoms with van der Waals surface area (Å²) < 4.78 is 12.0. The molecule has 4 rings (SSSR count). The Balaban J connectivity index is 1.61. The Bertz CT molecular complexity index is 1020. The molecule has 0 unspecified atom stereocenters. The summed E-state index contributed by atoms with van der Waals surface area (Å²) in [7, 11) is 1.54. The lowest BCUT2D eigenvalue weighted by Crippen LogP contribution is -2.33. The number of carbonyl (C=O) groups is 1. The number of hydrogen-bond acceptors (Lipinski definition) is 9. The molecule has 3 heterocycles. The van der Waals surface area contributed by atoms with E-state index in [4.69, 9.17) is 9.47 Å². The highest BCUT2D eigenvalue weighted by Crippen LogP contribution is 2.32. The van der Waals surface area contributed by atoms with Gasteiger partial charge < -0.3 is 30.1 Å². The summed E-state index contributed by atoms with van der Waals surface area (Å²) in [5, 5.41) is 32.2. The van der Waals surface area contributed by atoms with Gasteiger partial charge in [-0.25, -0.2) is 15.0 Å². The number of benzene rings is 1. The molecule has 29 heavy (non-hydrogen) atoms. The SMILES string of the molecule is COc1ccc(C(=O)Nc2ncnc3c2ncn3[C@@H]2O[C@@H](CO)[C@@H](O)[C@H]2O)cc1. The number of carbonyl (C=O) groups excluding carboxylic acids is 1. The normalized spacial score (nSPS) is 24.0. The topological polar surface area (TPSA) is 152 Å². The van der Waals surface area contributed by atoms with Gasteiger partial charge in [-0.15, -0.1) is 0 Å². The van der Waals surface area contributed by atoms with Crippen LogP contribution < -0.4 is 10.1 Å². The van der Waals surface area contributed by atoms with Crippen LogP contribution in [0.4, 0.5) is 5.82 Å². The van der Waals surface area contributed by atoms with E-state index in [1.165, 1.54) is 24.3 Å². The van der Waals surface area contributed by atoms with E-state index in [0.717, 1.165) is 0 Å². The number of ether oxygens (including phenoxy) is 2.